The Hall–Kier alpha value is -0.970. The van der Waals surface area contributed by atoms with Crippen molar-refractivity contribution in [3.8, 4) is 0 Å². The molecule has 0 amide bonds. The van der Waals surface area contributed by atoms with Gasteiger partial charge in [0.1, 0.15) is 0 Å². The lowest BCUT2D eigenvalue weighted by molar-refractivity contribution is 0.0819. The second-order valence-corrected chi connectivity index (χ2v) is 11.8. The lowest BCUT2D eigenvalue weighted by Crippen LogP contribution is -2.47. The SMILES string of the molecule is CCCCN1CCN(c2ccc(N3CCC(OC)CC3)cc2C2CCC3(CCCC3)CC2)CC1.Cl. The summed E-state index contributed by atoms with van der Waals surface area (Å²) >= 11 is 0. The summed E-state index contributed by atoms with van der Waals surface area (Å²) in [6.45, 7) is 10.7. The lowest BCUT2D eigenvalue weighted by atomic mass is 9.68. The number of benzene rings is 1. The summed E-state index contributed by atoms with van der Waals surface area (Å²) in [5.41, 5.74) is 5.39. The van der Waals surface area contributed by atoms with Gasteiger partial charge in [0, 0.05) is 57.8 Å². The predicted octanol–water partition coefficient (Wildman–Crippen LogP) is 6.86. The Kier molecular flexibility index (Phi) is 9.68. The van der Waals surface area contributed by atoms with Crippen molar-refractivity contribution in [3.63, 3.8) is 0 Å². The second-order valence-electron chi connectivity index (χ2n) is 11.8. The molecule has 1 spiro atoms. The van der Waals surface area contributed by atoms with E-state index in [1.165, 1.54) is 103 Å². The standard InChI is InChI=1S/C30H49N3O.ClH/c1-3-4-17-31-20-22-33(23-21-31)29-8-7-26(32-18-11-27(34-2)12-19-32)24-28(29)25-9-15-30(16-10-25)13-5-6-14-30;/h7-8,24-25,27H,3-6,9-23H2,1-2H3;1H. The van der Waals surface area contributed by atoms with Crippen LogP contribution in [0.5, 0.6) is 0 Å². The Balaban J connectivity index is 0.00000289. The molecule has 4 aliphatic rings. The number of methoxy groups -OCH3 is 1. The van der Waals surface area contributed by atoms with E-state index >= 15 is 0 Å². The quantitative estimate of drug-likeness (QED) is 0.404. The van der Waals surface area contributed by atoms with E-state index in [0.29, 0.717) is 11.5 Å². The first-order valence-electron chi connectivity index (χ1n) is 14.6. The van der Waals surface area contributed by atoms with E-state index in [2.05, 4.69) is 39.8 Å². The van der Waals surface area contributed by atoms with E-state index < -0.39 is 0 Å². The maximum Gasteiger partial charge on any atom is 0.0605 e. The first-order chi connectivity index (χ1) is 16.7. The molecule has 0 N–H and O–H groups in total. The Morgan fingerprint density at radius 1 is 0.857 bits per heavy atom. The number of piperidine rings is 1. The van der Waals surface area contributed by atoms with Crippen LogP contribution in [0, 0.1) is 5.41 Å². The van der Waals surface area contributed by atoms with Crippen LogP contribution >= 0.6 is 12.4 Å². The molecule has 4 fully saturated rings. The topological polar surface area (TPSA) is 19.0 Å². The maximum absolute atomic E-state index is 5.63. The molecular weight excluding hydrogens is 454 g/mol. The molecule has 0 unspecified atom stereocenters. The molecule has 1 aromatic rings. The number of rotatable bonds is 7. The van der Waals surface area contributed by atoms with Crippen LogP contribution in [-0.2, 0) is 4.74 Å². The summed E-state index contributed by atoms with van der Waals surface area (Å²) in [4.78, 5) is 8.02. The van der Waals surface area contributed by atoms with Crippen LogP contribution < -0.4 is 9.80 Å². The Morgan fingerprint density at radius 3 is 2.17 bits per heavy atom. The fourth-order valence-corrected chi connectivity index (χ4v) is 7.46. The largest absolute Gasteiger partial charge is 0.381 e. The Labute approximate surface area is 221 Å². The summed E-state index contributed by atoms with van der Waals surface area (Å²) in [6.07, 6.45) is 17.1. The molecule has 2 saturated carbocycles. The summed E-state index contributed by atoms with van der Waals surface area (Å²) in [5, 5.41) is 0. The molecule has 4 nitrogen and oxygen atoms in total. The first kappa shape index (κ1) is 27.1. The van der Waals surface area contributed by atoms with Crippen LogP contribution in [0.1, 0.15) is 95.5 Å². The van der Waals surface area contributed by atoms with E-state index in [9.17, 15) is 0 Å². The molecule has 0 aromatic heterocycles. The number of halogens is 1. The molecule has 35 heavy (non-hydrogen) atoms. The molecule has 5 rings (SSSR count). The monoisotopic (exact) mass is 503 g/mol. The van der Waals surface area contributed by atoms with E-state index in [-0.39, 0.29) is 12.4 Å². The van der Waals surface area contributed by atoms with Crippen LogP contribution in [0.4, 0.5) is 11.4 Å². The first-order valence-corrected chi connectivity index (χ1v) is 14.6. The van der Waals surface area contributed by atoms with Gasteiger partial charge >= 0.3 is 0 Å². The fraction of sp³-hybridized carbons (Fsp3) is 0.800. The van der Waals surface area contributed by atoms with Gasteiger partial charge in [-0.1, -0.05) is 26.2 Å². The van der Waals surface area contributed by atoms with Gasteiger partial charge in [-0.2, -0.15) is 0 Å². The smallest absolute Gasteiger partial charge is 0.0605 e. The summed E-state index contributed by atoms with van der Waals surface area (Å²) in [7, 11) is 1.87. The van der Waals surface area contributed by atoms with Crippen molar-refractivity contribution in [2.45, 2.75) is 96.0 Å². The van der Waals surface area contributed by atoms with E-state index in [1.807, 2.05) is 7.11 Å². The van der Waals surface area contributed by atoms with Gasteiger partial charge in [-0.3, -0.25) is 4.90 Å². The highest BCUT2D eigenvalue weighted by molar-refractivity contribution is 5.85. The third kappa shape index (κ3) is 6.30. The average Bonchev–Trinajstić information content (AvgIpc) is 3.36. The molecule has 0 atom stereocenters. The minimum atomic E-state index is 0. The van der Waals surface area contributed by atoms with Gasteiger partial charge in [0.15, 0.2) is 0 Å². The number of unbranched alkanes of at least 4 members (excludes halogenated alkanes) is 1. The van der Waals surface area contributed by atoms with Gasteiger partial charge in [-0.25, -0.2) is 0 Å². The Bertz CT molecular complexity index is 770. The zero-order valence-corrected chi connectivity index (χ0v) is 23.3. The maximum atomic E-state index is 5.63. The van der Waals surface area contributed by atoms with Gasteiger partial charge in [0.25, 0.3) is 0 Å². The van der Waals surface area contributed by atoms with Gasteiger partial charge in [0.2, 0.25) is 0 Å². The third-order valence-electron chi connectivity index (χ3n) is 9.84. The fourth-order valence-electron chi connectivity index (χ4n) is 7.46. The van der Waals surface area contributed by atoms with E-state index in [0.717, 1.165) is 31.8 Å². The van der Waals surface area contributed by atoms with Crippen LogP contribution in [-0.4, -0.2) is 63.9 Å². The van der Waals surface area contributed by atoms with Gasteiger partial charge in [0.05, 0.1) is 6.10 Å². The van der Waals surface area contributed by atoms with Crippen molar-refractivity contribution in [3.05, 3.63) is 23.8 Å². The molecule has 0 bridgehead atoms. The number of ether oxygens (including phenoxy) is 1. The van der Waals surface area contributed by atoms with Gasteiger partial charge < -0.3 is 14.5 Å². The predicted molar refractivity (Wildman–Crippen MR) is 152 cm³/mol. The highest BCUT2D eigenvalue weighted by atomic mass is 35.5. The van der Waals surface area contributed by atoms with Gasteiger partial charge in [-0.15, -0.1) is 12.4 Å². The lowest BCUT2D eigenvalue weighted by Gasteiger charge is -2.41. The van der Waals surface area contributed by atoms with Crippen molar-refractivity contribution in [1.29, 1.82) is 0 Å². The average molecular weight is 504 g/mol. The molecule has 0 radical (unpaired) electrons. The number of anilines is 2. The number of hydrogen-bond acceptors (Lipinski definition) is 4. The molecule has 2 heterocycles. The third-order valence-corrected chi connectivity index (χ3v) is 9.84. The van der Waals surface area contributed by atoms with Crippen LogP contribution in [0.15, 0.2) is 18.2 Å². The summed E-state index contributed by atoms with van der Waals surface area (Å²) in [6, 6.07) is 7.54. The van der Waals surface area contributed by atoms with Crippen LogP contribution in [0.25, 0.3) is 0 Å². The molecular formula is C30H50ClN3O. The van der Waals surface area contributed by atoms with Crippen molar-refractivity contribution in [2.75, 3.05) is 62.7 Å². The molecule has 1 aromatic carbocycles. The number of nitrogens with zero attached hydrogens (tertiary/aromatic N) is 3. The second kappa shape index (κ2) is 12.5. The minimum absolute atomic E-state index is 0. The summed E-state index contributed by atoms with van der Waals surface area (Å²) in [5.74, 6) is 0.746. The molecule has 198 valence electrons. The van der Waals surface area contributed by atoms with E-state index in [1.54, 1.807) is 11.3 Å². The normalized spacial score (nSPS) is 24.2. The molecule has 5 heteroatoms. The van der Waals surface area contributed by atoms with E-state index in [4.69, 9.17) is 4.74 Å². The van der Waals surface area contributed by atoms with Crippen LogP contribution in [0.3, 0.4) is 0 Å². The zero-order chi connectivity index (χ0) is 23.4. The summed E-state index contributed by atoms with van der Waals surface area (Å²) < 4.78 is 5.63. The number of piperazine rings is 1. The highest BCUT2D eigenvalue weighted by Crippen LogP contribution is 2.53. The van der Waals surface area contributed by atoms with Gasteiger partial charge in [-0.05, 0) is 99.4 Å². The van der Waals surface area contributed by atoms with Crippen molar-refractivity contribution in [1.82, 2.24) is 4.90 Å². The minimum Gasteiger partial charge on any atom is -0.381 e. The Morgan fingerprint density at radius 2 is 1.54 bits per heavy atom. The van der Waals surface area contributed by atoms with Crippen molar-refractivity contribution >= 4 is 23.8 Å². The number of hydrogen-bond donors (Lipinski definition) is 0. The molecule has 2 aliphatic carbocycles. The van der Waals surface area contributed by atoms with Crippen molar-refractivity contribution in [2.24, 2.45) is 5.41 Å². The molecule has 2 saturated heterocycles. The molecule has 2 aliphatic heterocycles. The highest BCUT2D eigenvalue weighted by Gasteiger charge is 2.38. The zero-order valence-electron chi connectivity index (χ0n) is 22.5. The van der Waals surface area contributed by atoms with Crippen LogP contribution in [0.2, 0.25) is 0 Å². The van der Waals surface area contributed by atoms with Crippen molar-refractivity contribution < 1.29 is 4.74 Å².